The van der Waals surface area contributed by atoms with Gasteiger partial charge in [-0.2, -0.15) is 10.2 Å². The minimum absolute atomic E-state index is 0.145. The number of amides is 1. The van der Waals surface area contributed by atoms with Crippen LogP contribution in [-0.2, 0) is 4.79 Å². The van der Waals surface area contributed by atoms with Crippen LogP contribution in [-0.4, -0.2) is 58.5 Å². The zero-order valence-corrected chi connectivity index (χ0v) is 16.9. The number of furan rings is 1. The van der Waals surface area contributed by atoms with Gasteiger partial charge in [-0.3, -0.25) is 9.69 Å². The molecule has 3 aromatic heterocycles. The molecule has 11 heteroatoms. The molecule has 0 bridgehead atoms. The van der Waals surface area contributed by atoms with Gasteiger partial charge in [-0.15, -0.1) is 0 Å². The zero-order valence-electron chi connectivity index (χ0n) is 16.9. The number of rotatable bonds is 5. The molecule has 4 aromatic rings. The molecular weight excluding hydrogens is 414 g/mol. The van der Waals surface area contributed by atoms with Gasteiger partial charge < -0.3 is 29.0 Å². The molecule has 0 saturated carbocycles. The van der Waals surface area contributed by atoms with Crippen LogP contribution in [0, 0.1) is 11.3 Å². The van der Waals surface area contributed by atoms with Gasteiger partial charge in [0.25, 0.3) is 5.89 Å². The molecule has 0 aliphatic carbocycles. The third-order valence-corrected chi connectivity index (χ3v) is 5.27. The van der Waals surface area contributed by atoms with Crippen LogP contribution in [0.2, 0.25) is 0 Å². The molecule has 1 fully saturated rings. The zero-order chi connectivity index (χ0) is 22.1. The topological polar surface area (TPSA) is 147 Å². The number of nitrogens with one attached hydrogen (secondary N) is 3. The lowest BCUT2D eigenvalue weighted by Crippen LogP contribution is -2.48. The number of carbonyl (C=O) groups excluding carboxylic acids is 1. The number of nitriles is 1. The molecular formula is C21H19N7O4. The Balaban J connectivity index is 1.19. The highest BCUT2D eigenvalue weighted by atomic mass is 16.4. The number of hydrogen-bond acceptors (Lipinski definition) is 8. The lowest BCUT2D eigenvalue weighted by molar-refractivity contribution is -0.117. The molecule has 0 unspecified atom stereocenters. The summed E-state index contributed by atoms with van der Waals surface area (Å²) < 4.78 is 11.1. The Morgan fingerprint density at radius 2 is 2.00 bits per heavy atom. The highest BCUT2D eigenvalue weighted by molar-refractivity contribution is 5.94. The van der Waals surface area contributed by atoms with E-state index in [1.165, 1.54) is 6.26 Å². The molecule has 0 atom stereocenters. The van der Waals surface area contributed by atoms with E-state index in [2.05, 4.69) is 26.3 Å². The normalized spacial score (nSPS) is 14.5. The maximum atomic E-state index is 12.5. The van der Waals surface area contributed by atoms with Crippen molar-refractivity contribution in [2.24, 2.45) is 0 Å². The monoisotopic (exact) mass is 433 g/mol. The van der Waals surface area contributed by atoms with E-state index in [9.17, 15) is 14.9 Å². The second-order valence-corrected chi connectivity index (χ2v) is 7.41. The molecule has 0 radical (unpaired) electrons. The van der Waals surface area contributed by atoms with Crippen LogP contribution in [0.15, 0.2) is 50.2 Å². The van der Waals surface area contributed by atoms with Gasteiger partial charge in [-0.25, -0.2) is 4.79 Å². The maximum absolute atomic E-state index is 12.5. The summed E-state index contributed by atoms with van der Waals surface area (Å²) in [5.74, 6) is 0.999. The molecule has 1 aliphatic rings. The molecule has 1 amide bonds. The summed E-state index contributed by atoms with van der Waals surface area (Å²) in [5.41, 5.74) is 1.85. The quantitative estimate of drug-likeness (QED) is 0.431. The first-order chi connectivity index (χ1) is 15.6. The average Bonchev–Trinajstić information content (AvgIpc) is 3.52. The van der Waals surface area contributed by atoms with Crippen molar-refractivity contribution in [3.05, 3.63) is 52.8 Å². The number of piperazine rings is 1. The number of aromatic amines is 2. The lowest BCUT2D eigenvalue weighted by atomic mass is 10.2. The molecule has 162 valence electrons. The van der Waals surface area contributed by atoms with Crippen LogP contribution in [0.3, 0.4) is 0 Å². The molecule has 3 N–H and O–H groups in total. The van der Waals surface area contributed by atoms with E-state index < -0.39 is 0 Å². The predicted molar refractivity (Wildman–Crippen MR) is 115 cm³/mol. The van der Waals surface area contributed by atoms with Gasteiger partial charge in [-0.05, 0) is 30.3 Å². The summed E-state index contributed by atoms with van der Waals surface area (Å²) in [5, 5.41) is 12.3. The van der Waals surface area contributed by atoms with Crippen molar-refractivity contribution in [1.29, 1.82) is 5.26 Å². The van der Waals surface area contributed by atoms with E-state index in [1.54, 1.807) is 30.3 Å². The smallest absolute Gasteiger partial charge is 0.323 e. The number of imidazole rings is 1. The van der Waals surface area contributed by atoms with Crippen molar-refractivity contribution in [1.82, 2.24) is 19.9 Å². The Hall–Kier alpha value is -4.30. The SMILES string of the molecule is N#Cc1nc(-c2ccco2)oc1N1CCN(CC(=O)Nc2ccc3[nH]c(=O)[nH]c3c2)CC1. The van der Waals surface area contributed by atoms with Gasteiger partial charge in [0, 0.05) is 31.9 Å². The minimum atomic E-state index is -0.288. The first kappa shape index (κ1) is 19.7. The first-order valence-electron chi connectivity index (χ1n) is 10.0. The summed E-state index contributed by atoms with van der Waals surface area (Å²) in [6, 6.07) is 10.7. The number of anilines is 2. The second kappa shape index (κ2) is 8.09. The number of oxazole rings is 1. The van der Waals surface area contributed by atoms with Crippen molar-refractivity contribution in [2.45, 2.75) is 0 Å². The fraction of sp³-hybridized carbons (Fsp3) is 0.238. The fourth-order valence-electron chi connectivity index (χ4n) is 3.73. The van der Waals surface area contributed by atoms with E-state index in [0.29, 0.717) is 54.5 Å². The average molecular weight is 433 g/mol. The number of H-pyrrole nitrogens is 2. The third-order valence-electron chi connectivity index (χ3n) is 5.27. The second-order valence-electron chi connectivity index (χ2n) is 7.41. The molecule has 11 nitrogen and oxygen atoms in total. The Morgan fingerprint density at radius 3 is 2.75 bits per heavy atom. The largest absolute Gasteiger partial charge is 0.459 e. The van der Waals surface area contributed by atoms with Crippen LogP contribution in [0.25, 0.3) is 22.7 Å². The van der Waals surface area contributed by atoms with Crippen LogP contribution in [0.4, 0.5) is 11.6 Å². The van der Waals surface area contributed by atoms with E-state index >= 15 is 0 Å². The van der Waals surface area contributed by atoms with E-state index in [1.807, 2.05) is 9.80 Å². The van der Waals surface area contributed by atoms with Crippen LogP contribution >= 0.6 is 0 Å². The molecule has 32 heavy (non-hydrogen) atoms. The maximum Gasteiger partial charge on any atom is 0.323 e. The Morgan fingerprint density at radius 1 is 1.19 bits per heavy atom. The molecule has 5 rings (SSSR count). The van der Waals surface area contributed by atoms with Gasteiger partial charge in [0.1, 0.15) is 6.07 Å². The summed E-state index contributed by atoms with van der Waals surface area (Å²) >= 11 is 0. The van der Waals surface area contributed by atoms with E-state index in [4.69, 9.17) is 8.83 Å². The van der Waals surface area contributed by atoms with Crippen LogP contribution < -0.4 is 15.9 Å². The first-order valence-corrected chi connectivity index (χ1v) is 10.0. The summed E-state index contributed by atoms with van der Waals surface area (Å²) in [6.07, 6.45) is 1.52. The minimum Gasteiger partial charge on any atom is -0.459 e. The molecule has 4 heterocycles. The molecule has 0 spiro atoms. The van der Waals surface area contributed by atoms with Crippen molar-refractivity contribution >= 4 is 28.5 Å². The van der Waals surface area contributed by atoms with Crippen molar-refractivity contribution in [3.63, 3.8) is 0 Å². The molecule has 1 aliphatic heterocycles. The number of nitrogens with zero attached hydrogens (tertiary/aromatic N) is 4. The summed E-state index contributed by atoms with van der Waals surface area (Å²) in [6.45, 7) is 2.66. The van der Waals surface area contributed by atoms with Gasteiger partial charge in [0.05, 0.1) is 23.8 Å². The summed E-state index contributed by atoms with van der Waals surface area (Å²) in [7, 11) is 0. The highest BCUT2D eigenvalue weighted by Gasteiger charge is 2.26. The van der Waals surface area contributed by atoms with Gasteiger partial charge >= 0.3 is 5.69 Å². The van der Waals surface area contributed by atoms with Crippen molar-refractivity contribution in [3.8, 4) is 17.7 Å². The van der Waals surface area contributed by atoms with Crippen LogP contribution in [0.5, 0.6) is 0 Å². The van der Waals surface area contributed by atoms with E-state index in [-0.39, 0.29) is 29.7 Å². The highest BCUT2D eigenvalue weighted by Crippen LogP contribution is 2.29. The number of hydrogen-bond donors (Lipinski definition) is 3. The van der Waals surface area contributed by atoms with Crippen molar-refractivity contribution < 1.29 is 13.6 Å². The fourth-order valence-corrected chi connectivity index (χ4v) is 3.73. The number of aromatic nitrogens is 3. The number of fused-ring (bicyclic) bond motifs is 1. The molecule has 1 aromatic carbocycles. The number of carbonyl (C=O) groups is 1. The third kappa shape index (κ3) is 3.86. The van der Waals surface area contributed by atoms with Crippen LogP contribution in [0.1, 0.15) is 5.69 Å². The van der Waals surface area contributed by atoms with Gasteiger partial charge in [0.2, 0.25) is 17.5 Å². The van der Waals surface area contributed by atoms with Gasteiger partial charge in [-0.1, -0.05) is 0 Å². The number of benzene rings is 1. The lowest BCUT2D eigenvalue weighted by Gasteiger charge is -2.34. The van der Waals surface area contributed by atoms with E-state index in [0.717, 1.165) is 0 Å². The van der Waals surface area contributed by atoms with Crippen molar-refractivity contribution in [2.75, 3.05) is 42.9 Å². The molecule has 1 saturated heterocycles. The Labute approximate surface area is 181 Å². The Kier molecular flexibility index (Phi) is 4.97. The summed E-state index contributed by atoms with van der Waals surface area (Å²) in [4.78, 5) is 37.4. The standard InChI is InChI=1S/C21H19N7O4/c22-11-16-20(32-19(24-16)17-2-1-9-31-17)28-7-5-27(6-8-28)12-18(29)23-13-3-4-14-15(10-13)26-21(30)25-14/h1-4,9-10H,5-8,12H2,(H,23,29)(H2,25,26,30). The predicted octanol–water partition coefficient (Wildman–Crippen LogP) is 1.74. The van der Waals surface area contributed by atoms with Gasteiger partial charge in [0.15, 0.2) is 5.76 Å². The Bertz CT molecular complexity index is 1350.